The molecule has 25 heavy (non-hydrogen) atoms. The topological polar surface area (TPSA) is 82.2 Å². The van der Waals surface area contributed by atoms with Gasteiger partial charge in [-0.1, -0.05) is 30.3 Å². The van der Waals surface area contributed by atoms with E-state index in [0.29, 0.717) is 33.8 Å². The van der Waals surface area contributed by atoms with E-state index in [1.165, 1.54) is 4.90 Å². The maximum atomic E-state index is 12.7. The number of rotatable bonds is 2. The molecule has 1 aliphatic rings. The lowest BCUT2D eigenvalue weighted by molar-refractivity contribution is 0.0935. The zero-order chi connectivity index (χ0) is 17.6. The van der Waals surface area contributed by atoms with Crippen LogP contribution in [-0.2, 0) is 0 Å². The molecule has 1 aliphatic heterocycles. The number of aryl methyl sites for hydroxylation is 1. The van der Waals surface area contributed by atoms with Gasteiger partial charge in [-0.3, -0.25) is 9.69 Å². The van der Waals surface area contributed by atoms with E-state index in [1.807, 2.05) is 6.07 Å². The molecule has 1 N–H and O–H groups in total. The summed E-state index contributed by atoms with van der Waals surface area (Å²) in [5.74, 6) is -0.265. The average molecular weight is 330 g/mol. The second-order valence-electron chi connectivity index (χ2n) is 5.81. The lowest BCUT2D eigenvalue weighted by Gasteiger charge is -2.19. The number of benzene rings is 2. The van der Waals surface area contributed by atoms with Crippen LogP contribution >= 0.6 is 0 Å². The van der Waals surface area contributed by atoms with Gasteiger partial charge in [-0.2, -0.15) is 10.4 Å². The molecule has 6 nitrogen and oxygen atoms in total. The van der Waals surface area contributed by atoms with Gasteiger partial charge in [-0.05, 0) is 25.1 Å². The summed E-state index contributed by atoms with van der Waals surface area (Å²) >= 11 is 0. The summed E-state index contributed by atoms with van der Waals surface area (Å²) < 4.78 is 1.56. The van der Waals surface area contributed by atoms with Crippen molar-refractivity contribution in [1.82, 2.24) is 9.78 Å². The van der Waals surface area contributed by atoms with Crippen molar-refractivity contribution in [2.75, 3.05) is 4.90 Å². The van der Waals surface area contributed by atoms with Crippen LogP contribution < -0.4 is 4.90 Å². The Morgan fingerprint density at radius 3 is 2.60 bits per heavy atom. The number of hydrogen-bond donors (Lipinski definition) is 1. The maximum Gasteiger partial charge on any atom is 0.261 e. The van der Waals surface area contributed by atoms with Crippen molar-refractivity contribution in [2.45, 2.75) is 13.2 Å². The molecular formula is C19H14N4O2. The van der Waals surface area contributed by atoms with Gasteiger partial charge < -0.3 is 5.11 Å². The second kappa shape index (κ2) is 5.58. The van der Waals surface area contributed by atoms with Crippen LogP contribution in [0.1, 0.15) is 33.4 Å². The van der Waals surface area contributed by atoms with Gasteiger partial charge in [0.1, 0.15) is 6.07 Å². The Kier molecular flexibility index (Phi) is 3.38. The molecule has 122 valence electrons. The molecule has 1 amide bonds. The predicted molar refractivity (Wildman–Crippen MR) is 91.2 cm³/mol. The van der Waals surface area contributed by atoms with Gasteiger partial charge in [0.05, 0.1) is 28.8 Å². The molecule has 4 rings (SSSR count). The number of para-hydroxylation sites is 1. The zero-order valence-electron chi connectivity index (χ0n) is 13.4. The number of hydrogen-bond acceptors (Lipinski definition) is 4. The number of carbonyl (C=O) groups excluding carboxylic acids is 1. The molecular weight excluding hydrogens is 316 g/mol. The number of nitriles is 1. The van der Waals surface area contributed by atoms with E-state index in [4.69, 9.17) is 0 Å². The molecule has 0 spiro atoms. The number of fused-ring (bicyclic) bond motifs is 1. The first-order chi connectivity index (χ1) is 12.1. The molecule has 0 bridgehead atoms. The van der Waals surface area contributed by atoms with Crippen molar-refractivity contribution < 1.29 is 9.90 Å². The van der Waals surface area contributed by atoms with Gasteiger partial charge in [0.2, 0.25) is 0 Å². The Balaban J connectivity index is 1.80. The lowest BCUT2D eigenvalue weighted by atomic mass is 10.1. The Morgan fingerprint density at radius 1 is 1.12 bits per heavy atom. The number of carbonyl (C=O) groups is 1. The summed E-state index contributed by atoms with van der Waals surface area (Å²) in [6, 6.07) is 16.2. The first-order valence-electron chi connectivity index (χ1n) is 7.78. The molecule has 2 heterocycles. The molecule has 0 saturated heterocycles. The van der Waals surface area contributed by atoms with Crippen molar-refractivity contribution in [1.29, 1.82) is 5.26 Å². The lowest BCUT2D eigenvalue weighted by Crippen LogP contribution is -2.27. The van der Waals surface area contributed by atoms with Crippen molar-refractivity contribution in [3.63, 3.8) is 0 Å². The number of amides is 1. The standard InChI is InChI=1S/C19H14N4O2/c1-12-17(11-22(21-12)16-9-5-2-6-13(16)10-20)23-18(24)14-7-3-4-8-15(14)19(23)25/h2-9,11,18,24H,1H3. The second-order valence-corrected chi connectivity index (χ2v) is 5.81. The van der Waals surface area contributed by atoms with E-state index in [9.17, 15) is 15.2 Å². The van der Waals surface area contributed by atoms with Crippen LogP contribution in [0, 0.1) is 18.3 Å². The fourth-order valence-corrected chi connectivity index (χ4v) is 3.12. The number of aromatic nitrogens is 2. The minimum absolute atomic E-state index is 0.265. The third-order valence-corrected chi connectivity index (χ3v) is 4.34. The van der Waals surface area contributed by atoms with Crippen LogP contribution in [0.5, 0.6) is 0 Å². The summed E-state index contributed by atoms with van der Waals surface area (Å²) in [7, 11) is 0. The molecule has 3 aromatic rings. The summed E-state index contributed by atoms with van der Waals surface area (Å²) in [6.07, 6.45) is 0.615. The zero-order valence-corrected chi connectivity index (χ0v) is 13.4. The van der Waals surface area contributed by atoms with E-state index in [0.717, 1.165) is 0 Å². The fraction of sp³-hybridized carbons (Fsp3) is 0.105. The van der Waals surface area contributed by atoms with E-state index in [1.54, 1.807) is 60.3 Å². The SMILES string of the molecule is Cc1nn(-c2ccccc2C#N)cc1N1C(=O)c2ccccc2C1O. The molecule has 6 heteroatoms. The minimum atomic E-state index is -1.05. The smallest absolute Gasteiger partial charge is 0.261 e. The number of anilines is 1. The van der Waals surface area contributed by atoms with Crippen LogP contribution in [0.25, 0.3) is 5.69 Å². The largest absolute Gasteiger partial charge is 0.369 e. The highest BCUT2D eigenvalue weighted by molar-refractivity contribution is 6.10. The summed E-state index contributed by atoms with van der Waals surface area (Å²) in [6.45, 7) is 1.77. The third-order valence-electron chi connectivity index (χ3n) is 4.34. The van der Waals surface area contributed by atoms with E-state index < -0.39 is 6.23 Å². The average Bonchev–Trinajstić information content (AvgIpc) is 3.13. The first kappa shape index (κ1) is 15.1. The van der Waals surface area contributed by atoms with Crippen LogP contribution in [0.2, 0.25) is 0 Å². The van der Waals surface area contributed by atoms with Gasteiger partial charge in [0.15, 0.2) is 6.23 Å². The van der Waals surface area contributed by atoms with Gasteiger partial charge in [-0.15, -0.1) is 0 Å². The van der Waals surface area contributed by atoms with Gasteiger partial charge in [0.25, 0.3) is 5.91 Å². The number of aliphatic hydroxyl groups is 1. The van der Waals surface area contributed by atoms with Crippen molar-refractivity contribution in [3.05, 3.63) is 77.1 Å². The number of aliphatic hydroxyl groups excluding tert-OH is 1. The molecule has 0 radical (unpaired) electrons. The van der Waals surface area contributed by atoms with Crippen LogP contribution in [-0.4, -0.2) is 20.8 Å². The van der Waals surface area contributed by atoms with Gasteiger partial charge >= 0.3 is 0 Å². The highest BCUT2D eigenvalue weighted by atomic mass is 16.3. The molecule has 0 aliphatic carbocycles. The summed E-state index contributed by atoms with van der Waals surface area (Å²) in [5, 5.41) is 24.3. The van der Waals surface area contributed by atoms with Crippen molar-refractivity contribution in [2.24, 2.45) is 0 Å². The normalized spacial score (nSPS) is 16.0. The first-order valence-corrected chi connectivity index (χ1v) is 7.78. The Hall–Kier alpha value is -3.43. The van der Waals surface area contributed by atoms with Crippen LogP contribution in [0.4, 0.5) is 5.69 Å². The molecule has 1 unspecified atom stereocenters. The molecule has 1 aromatic heterocycles. The van der Waals surface area contributed by atoms with E-state index in [2.05, 4.69) is 11.2 Å². The predicted octanol–water partition coefficient (Wildman–Crippen LogP) is 2.70. The molecule has 0 saturated carbocycles. The van der Waals surface area contributed by atoms with Crippen molar-refractivity contribution >= 4 is 11.6 Å². The van der Waals surface area contributed by atoms with E-state index >= 15 is 0 Å². The molecule has 0 fully saturated rings. The summed E-state index contributed by atoms with van der Waals surface area (Å²) in [4.78, 5) is 14.0. The van der Waals surface area contributed by atoms with Crippen LogP contribution in [0.15, 0.2) is 54.7 Å². The van der Waals surface area contributed by atoms with Gasteiger partial charge in [-0.25, -0.2) is 4.68 Å². The third kappa shape index (κ3) is 2.22. The van der Waals surface area contributed by atoms with Gasteiger partial charge in [0, 0.05) is 11.1 Å². The maximum absolute atomic E-state index is 12.7. The highest BCUT2D eigenvalue weighted by Gasteiger charge is 2.37. The summed E-state index contributed by atoms with van der Waals surface area (Å²) in [5.41, 5.74) is 3.28. The Bertz CT molecular complexity index is 1030. The fourth-order valence-electron chi connectivity index (χ4n) is 3.12. The monoisotopic (exact) mass is 330 g/mol. The van der Waals surface area contributed by atoms with Crippen molar-refractivity contribution in [3.8, 4) is 11.8 Å². The minimum Gasteiger partial charge on any atom is -0.369 e. The van der Waals surface area contributed by atoms with E-state index in [-0.39, 0.29) is 5.91 Å². The highest BCUT2D eigenvalue weighted by Crippen LogP contribution is 2.37. The Labute approximate surface area is 144 Å². The quantitative estimate of drug-likeness (QED) is 0.783. The number of nitrogens with zero attached hydrogens (tertiary/aromatic N) is 4. The molecule has 1 atom stereocenters. The van der Waals surface area contributed by atoms with Crippen LogP contribution in [0.3, 0.4) is 0 Å². The molecule has 2 aromatic carbocycles. The Morgan fingerprint density at radius 2 is 1.84 bits per heavy atom.